The van der Waals surface area contributed by atoms with Crippen LogP contribution in [0.1, 0.15) is 39.3 Å². The van der Waals surface area contributed by atoms with Crippen LogP contribution in [0.2, 0.25) is 19.6 Å². The van der Waals surface area contributed by atoms with Gasteiger partial charge in [0.15, 0.2) is 0 Å². The number of hydrogen-bond donors (Lipinski definition) is 0. The van der Waals surface area contributed by atoms with Crippen LogP contribution in [0, 0.1) is 23.9 Å². The van der Waals surface area contributed by atoms with Gasteiger partial charge in [0, 0.05) is 37.0 Å². The zero-order chi connectivity index (χ0) is 32.6. The standard InChI is InChI=1S/C22H16FN2S.C18H24NSi.Ir/c1-13(2)25-19-9-4-3-8-18(19)24-22(25)16-7-5-6-15-17-12-14(23)10-11-20(17)26-21(15)16;1-14(2)11-16-12-17(15-9-7-6-8-10-15)19-13-18(16)20(3,4)5;/h3-6,8-13H,1-2H3;6-9,12-14H,11H2,1-5H3;/q2*-1;. The largest absolute Gasteiger partial charge is 0.362 e. The van der Waals surface area contributed by atoms with Crippen LogP contribution in [0.25, 0.3) is 53.9 Å². The molecule has 7 heteroatoms. The van der Waals surface area contributed by atoms with Gasteiger partial charge in [0.05, 0.1) is 24.9 Å². The summed E-state index contributed by atoms with van der Waals surface area (Å²) < 4.78 is 18.2. The SMILES string of the molecule is CC(C)Cc1cc(-c2[c-]cccc2)ncc1[Si](C)(C)C.CC(C)n1c(-c2[c-]ccc3c2sc2ccc(F)cc23)nc2ccccc21.[Ir]. The Labute approximate surface area is 296 Å². The zero-order valence-corrected chi connectivity index (χ0v) is 32.2. The van der Waals surface area contributed by atoms with Crippen LogP contribution >= 0.6 is 11.3 Å². The molecule has 0 aliphatic heterocycles. The molecule has 0 N–H and O–H groups in total. The number of fused-ring (bicyclic) bond motifs is 4. The molecule has 3 heterocycles. The van der Waals surface area contributed by atoms with Gasteiger partial charge in [0.25, 0.3) is 0 Å². The van der Waals surface area contributed by atoms with E-state index in [1.165, 1.54) is 16.8 Å². The minimum Gasteiger partial charge on any atom is -0.362 e. The summed E-state index contributed by atoms with van der Waals surface area (Å²) in [6, 6.07) is 34.4. The molecule has 0 saturated heterocycles. The van der Waals surface area contributed by atoms with Crippen LogP contribution in [0.5, 0.6) is 0 Å². The van der Waals surface area contributed by atoms with Crippen molar-refractivity contribution in [2.75, 3.05) is 0 Å². The second-order valence-electron chi connectivity index (χ2n) is 13.6. The molecule has 3 aromatic heterocycles. The summed E-state index contributed by atoms with van der Waals surface area (Å²) in [5, 5.41) is 3.50. The van der Waals surface area contributed by atoms with Crippen molar-refractivity contribution < 1.29 is 24.5 Å². The molecular formula is C40H40FIrN3SSi-2. The van der Waals surface area contributed by atoms with E-state index in [0.717, 1.165) is 60.3 Å². The van der Waals surface area contributed by atoms with Crippen molar-refractivity contribution in [3.05, 3.63) is 115 Å². The van der Waals surface area contributed by atoms with Crippen LogP contribution in [0.4, 0.5) is 4.39 Å². The number of thiophene rings is 1. The number of hydrogen-bond acceptors (Lipinski definition) is 3. The van der Waals surface area contributed by atoms with Crippen molar-refractivity contribution in [2.24, 2.45) is 5.92 Å². The predicted octanol–water partition coefficient (Wildman–Crippen LogP) is 10.9. The van der Waals surface area contributed by atoms with Crippen molar-refractivity contribution in [3.63, 3.8) is 0 Å². The maximum Gasteiger partial charge on any atom is 0.123 e. The van der Waals surface area contributed by atoms with Crippen LogP contribution in [-0.2, 0) is 26.5 Å². The summed E-state index contributed by atoms with van der Waals surface area (Å²) in [5.41, 5.74) is 6.68. The molecule has 0 atom stereocenters. The van der Waals surface area contributed by atoms with Crippen molar-refractivity contribution >= 4 is 55.8 Å². The van der Waals surface area contributed by atoms with Gasteiger partial charge in [-0.3, -0.25) is 4.98 Å². The maximum absolute atomic E-state index is 13.8. The average molecular weight is 834 g/mol. The van der Waals surface area contributed by atoms with Crippen LogP contribution in [0.3, 0.4) is 0 Å². The molecule has 0 aliphatic rings. The fraction of sp³-hybridized carbons (Fsp3) is 0.250. The summed E-state index contributed by atoms with van der Waals surface area (Å²) in [5.74, 6) is 1.37. The molecule has 7 aromatic rings. The summed E-state index contributed by atoms with van der Waals surface area (Å²) in [4.78, 5) is 9.59. The van der Waals surface area contributed by atoms with Gasteiger partial charge < -0.3 is 9.55 Å². The average Bonchev–Trinajstić information content (AvgIpc) is 3.59. The van der Waals surface area contributed by atoms with Crippen molar-refractivity contribution in [3.8, 4) is 22.6 Å². The molecule has 0 aliphatic carbocycles. The summed E-state index contributed by atoms with van der Waals surface area (Å²) in [6.45, 7) is 16.1. The third-order valence-electron chi connectivity index (χ3n) is 8.14. The Balaban J connectivity index is 0.000000188. The Kier molecular flexibility index (Phi) is 10.6. The van der Waals surface area contributed by atoms with Gasteiger partial charge in [-0.05, 0) is 77.5 Å². The molecule has 1 radical (unpaired) electrons. The Morgan fingerprint density at radius 2 is 1.64 bits per heavy atom. The number of aromatic nitrogens is 3. The quantitative estimate of drug-likeness (QED) is 0.123. The molecule has 0 amide bonds. The fourth-order valence-electron chi connectivity index (χ4n) is 6.10. The number of pyridine rings is 1. The Hall–Kier alpha value is -3.48. The minimum absolute atomic E-state index is 0. The third-order valence-corrected chi connectivity index (χ3v) is 11.4. The molecule has 3 nitrogen and oxygen atoms in total. The number of benzene rings is 4. The van der Waals surface area contributed by atoms with Gasteiger partial charge >= 0.3 is 0 Å². The first-order chi connectivity index (χ1) is 22.0. The summed E-state index contributed by atoms with van der Waals surface area (Å²) in [7, 11) is -1.34. The van der Waals surface area contributed by atoms with Crippen LogP contribution in [-0.4, -0.2) is 22.6 Å². The van der Waals surface area contributed by atoms with E-state index in [1.807, 2.05) is 54.6 Å². The van der Waals surface area contributed by atoms with E-state index in [0.29, 0.717) is 5.92 Å². The smallest absolute Gasteiger partial charge is 0.123 e. The zero-order valence-electron chi connectivity index (χ0n) is 28.0. The second kappa shape index (κ2) is 14.3. The van der Waals surface area contributed by atoms with Crippen LogP contribution in [0.15, 0.2) is 91.1 Å². The van der Waals surface area contributed by atoms with Gasteiger partial charge in [-0.1, -0.05) is 68.2 Å². The van der Waals surface area contributed by atoms with E-state index in [-0.39, 0.29) is 32.0 Å². The first kappa shape index (κ1) is 34.8. The van der Waals surface area contributed by atoms with Gasteiger partial charge in [-0.2, -0.15) is 11.3 Å². The molecule has 0 saturated carbocycles. The van der Waals surface area contributed by atoms with E-state index < -0.39 is 8.07 Å². The minimum atomic E-state index is -1.34. The monoisotopic (exact) mass is 834 g/mol. The van der Waals surface area contributed by atoms with E-state index in [9.17, 15) is 4.39 Å². The number of imidazole rings is 1. The van der Waals surface area contributed by atoms with Crippen LogP contribution < -0.4 is 5.19 Å². The summed E-state index contributed by atoms with van der Waals surface area (Å²) in [6.07, 6.45) is 3.24. The normalized spacial score (nSPS) is 11.7. The number of nitrogens with zero attached hydrogens (tertiary/aromatic N) is 3. The number of rotatable bonds is 6. The molecule has 243 valence electrons. The van der Waals surface area contributed by atoms with Gasteiger partial charge in [0.1, 0.15) is 5.82 Å². The van der Waals surface area contributed by atoms with Crippen molar-refractivity contribution in [1.29, 1.82) is 0 Å². The first-order valence-corrected chi connectivity index (χ1v) is 20.3. The van der Waals surface area contributed by atoms with Crippen molar-refractivity contribution in [1.82, 2.24) is 14.5 Å². The third kappa shape index (κ3) is 7.34. The predicted molar refractivity (Wildman–Crippen MR) is 197 cm³/mol. The topological polar surface area (TPSA) is 30.7 Å². The Morgan fingerprint density at radius 1 is 0.872 bits per heavy atom. The Morgan fingerprint density at radius 3 is 2.34 bits per heavy atom. The van der Waals surface area contributed by atoms with E-state index in [1.54, 1.807) is 17.4 Å². The fourth-order valence-corrected chi connectivity index (χ4v) is 8.87. The summed E-state index contributed by atoms with van der Waals surface area (Å²) >= 11 is 1.67. The van der Waals surface area contributed by atoms with E-state index in [4.69, 9.17) is 4.98 Å². The van der Waals surface area contributed by atoms with E-state index >= 15 is 0 Å². The van der Waals surface area contributed by atoms with Crippen molar-refractivity contribution in [2.45, 2.75) is 59.8 Å². The van der Waals surface area contributed by atoms with Gasteiger partial charge in [-0.25, -0.2) is 4.39 Å². The maximum atomic E-state index is 13.8. The molecular weight excluding hydrogens is 794 g/mol. The van der Waals surface area contributed by atoms with E-state index in [2.05, 4.69) is 93.4 Å². The first-order valence-electron chi connectivity index (χ1n) is 16.0. The number of para-hydroxylation sites is 2. The molecule has 0 bridgehead atoms. The Bertz CT molecular complexity index is 2140. The molecule has 0 unspecified atom stereocenters. The molecule has 47 heavy (non-hydrogen) atoms. The molecule has 7 rings (SSSR count). The number of halogens is 1. The van der Waals surface area contributed by atoms with Gasteiger partial charge in [-0.15, -0.1) is 54.1 Å². The molecule has 0 fully saturated rings. The second-order valence-corrected chi connectivity index (χ2v) is 19.7. The molecule has 0 spiro atoms. The molecule has 4 aromatic carbocycles. The van der Waals surface area contributed by atoms with Gasteiger partial charge in [0.2, 0.25) is 0 Å².